The maximum atomic E-state index is 3.54. The zero-order valence-corrected chi connectivity index (χ0v) is 12.0. The molecule has 82 valence electrons. The van der Waals surface area contributed by atoms with Crippen molar-refractivity contribution >= 4 is 31.9 Å². The van der Waals surface area contributed by atoms with Crippen LogP contribution in [-0.2, 0) is 11.8 Å². The number of rotatable bonds is 3. The van der Waals surface area contributed by atoms with Crippen LogP contribution in [0.15, 0.2) is 53.0 Å². The summed E-state index contributed by atoms with van der Waals surface area (Å²) in [6.07, 6.45) is 0.995. The molecule has 2 aromatic carbocycles. The Labute approximate surface area is 113 Å². The van der Waals surface area contributed by atoms with Crippen LogP contribution in [0, 0.1) is 0 Å². The van der Waals surface area contributed by atoms with Gasteiger partial charge in [0.25, 0.3) is 0 Å². The summed E-state index contributed by atoms with van der Waals surface area (Å²) in [6, 6.07) is 17.0. The van der Waals surface area contributed by atoms with Crippen LogP contribution in [0.4, 0.5) is 0 Å². The average Bonchev–Trinajstić information content (AvgIpc) is 2.33. The Balaban J connectivity index is 2.28. The zero-order valence-electron chi connectivity index (χ0n) is 8.79. The molecular formula is C14H12Br2. The molecule has 2 heteroatoms. The molecular weight excluding hydrogens is 328 g/mol. The van der Waals surface area contributed by atoms with Gasteiger partial charge in [-0.1, -0.05) is 68.3 Å². The maximum Gasteiger partial charge on any atom is 0.0286 e. The SMILES string of the molecule is BrCc1cc(Br)ccc1Cc1ccccc1. The molecule has 0 aromatic heterocycles. The van der Waals surface area contributed by atoms with Gasteiger partial charge in [0.2, 0.25) is 0 Å². The molecule has 0 aliphatic carbocycles. The Morgan fingerprint density at radius 1 is 0.875 bits per heavy atom. The minimum atomic E-state index is 0.897. The Bertz CT molecular complexity index is 463. The van der Waals surface area contributed by atoms with E-state index in [0.29, 0.717) is 0 Å². The molecule has 0 unspecified atom stereocenters. The van der Waals surface area contributed by atoms with E-state index in [4.69, 9.17) is 0 Å². The molecule has 0 saturated carbocycles. The number of hydrogen-bond donors (Lipinski definition) is 0. The van der Waals surface area contributed by atoms with Crippen LogP contribution in [0.5, 0.6) is 0 Å². The molecule has 0 saturated heterocycles. The molecule has 0 bridgehead atoms. The molecule has 0 fully saturated rings. The van der Waals surface area contributed by atoms with Crippen LogP contribution >= 0.6 is 31.9 Å². The van der Waals surface area contributed by atoms with Gasteiger partial charge in [-0.15, -0.1) is 0 Å². The highest BCUT2D eigenvalue weighted by molar-refractivity contribution is 9.10. The predicted octanol–water partition coefficient (Wildman–Crippen LogP) is 4.93. The van der Waals surface area contributed by atoms with E-state index in [2.05, 4.69) is 80.4 Å². The fourth-order valence-corrected chi connectivity index (χ4v) is 2.64. The van der Waals surface area contributed by atoms with Crippen molar-refractivity contribution in [3.8, 4) is 0 Å². The normalized spacial score (nSPS) is 10.4. The summed E-state index contributed by atoms with van der Waals surface area (Å²) in [5.41, 5.74) is 4.08. The van der Waals surface area contributed by atoms with E-state index >= 15 is 0 Å². The summed E-state index contributed by atoms with van der Waals surface area (Å²) in [6.45, 7) is 0. The van der Waals surface area contributed by atoms with Gasteiger partial charge < -0.3 is 0 Å². The molecule has 0 nitrogen and oxygen atoms in total. The van der Waals surface area contributed by atoms with E-state index in [0.717, 1.165) is 16.2 Å². The van der Waals surface area contributed by atoms with Crippen LogP contribution in [0.1, 0.15) is 16.7 Å². The fourth-order valence-electron chi connectivity index (χ4n) is 1.71. The predicted molar refractivity (Wildman–Crippen MR) is 76.0 cm³/mol. The zero-order chi connectivity index (χ0) is 11.4. The monoisotopic (exact) mass is 338 g/mol. The third kappa shape index (κ3) is 2.96. The Kier molecular flexibility index (Phi) is 4.19. The van der Waals surface area contributed by atoms with Gasteiger partial charge in [0.05, 0.1) is 0 Å². The second-order valence-electron chi connectivity index (χ2n) is 3.71. The summed E-state index contributed by atoms with van der Waals surface area (Å²) in [5, 5.41) is 0.897. The van der Waals surface area contributed by atoms with Crippen molar-refractivity contribution in [3.63, 3.8) is 0 Å². The standard InChI is InChI=1S/C14H12Br2/c15-10-13-9-14(16)7-6-12(13)8-11-4-2-1-3-5-11/h1-7,9H,8,10H2. The highest BCUT2D eigenvalue weighted by atomic mass is 79.9. The van der Waals surface area contributed by atoms with Gasteiger partial charge in [-0.05, 0) is 35.2 Å². The lowest BCUT2D eigenvalue weighted by molar-refractivity contribution is 1.15. The summed E-state index contributed by atoms with van der Waals surface area (Å²) < 4.78 is 1.14. The number of benzene rings is 2. The maximum absolute atomic E-state index is 3.54. The Hall–Kier alpha value is -0.600. The van der Waals surface area contributed by atoms with Gasteiger partial charge in [-0.3, -0.25) is 0 Å². The van der Waals surface area contributed by atoms with Crippen molar-refractivity contribution in [1.82, 2.24) is 0 Å². The molecule has 2 rings (SSSR count). The molecule has 0 amide bonds. The second-order valence-corrected chi connectivity index (χ2v) is 5.19. The van der Waals surface area contributed by atoms with Gasteiger partial charge in [0.1, 0.15) is 0 Å². The Morgan fingerprint density at radius 3 is 2.31 bits per heavy atom. The van der Waals surface area contributed by atoms with Crippen LogP contribution in [0.25, 0.3) is 0 Å². The van der Waals surface area contributed by atoms with Crippen molar-refractivity contribution in [3.05, 3.63) is 69.7 Å². The molecule has 0 aliphatic rings. The molecule has 0 spiro atoms. The minimum Gasteiger partial charge on any atom is -0.0876 e. The van der Waals surface area contributed by atoms with Crippen molar-refractivity contribution in [1.29, 1.82) is 0 Å². The van der Waals surface area contributed by atoms with Gasteiger partial charge in [-0.2, -0.15) is 0 Å². The van der Waals surface area contributed by atoms with Crippen LogP contribution in [0.2, 0.25) is 0 Å². The molecule has 2 aromatic rings. The van der Waals surface area contributed by atoms with Gasteiger partial charge in [-0.25, -0.2) is 0 Å². The first kappa shape index (κ1) is 11.9. The third-order valence-electron chi connectivity index (χ3n) is 2.55. The lowest BCUT2D eigenvalue weighted by Gasteiger charge is -2.08. The van der Waals surface area contributed by atoms with E-state index in [9.17, 15) is 0 Å². The topological polar surface area (TPSA) is 0 Å². The lowest BCUT2D eigenvalue weighted by Crippen LogP contribution is -1.93. The van der Waals surface area contributed by atoms with Crippen LogP contribution in [-0.4, -0.2) is 0 Å². The quantitative estimate of drug-likeness (QED) is 0.695. The summed E-state index contributed by atoms with van der Waals surface area (Å²) in [4.78, 5) is 0. The summed E-state index contributed by atoms with van der Waals surface area (Å²) >= 11 is 7.04. The smallest absolute Gasteiger partial charge is 0.0286 e. The molecule has 0 radical (unpaired) electrons. The van der Waals surface area contributed by atoms with Crippen molar-refractivity contribution in [2.75, 3.05) is 0 Å². The number of hydrogen-bond acceptors (Lipinski definition) is 0. The van der Waals surface area contributed by atoms with E-state index in [-0.39, 0.29) is 0 Å². The van der Waals surface area contributed by atoms with Crippen molar-refractivity contribution in [2.45, 2.75) is 11.8 Å². The first-order valence-electron chi connectivity index (χ1n) is 5.17. The van der Waals surface area contributed by atoms with E-state index in [1.165, 1.54) is 16.7 Å². The molecule has 16 heavy (non-hydrogen) atoms. The van der Waals surface area contributed by atoms with Crippen molar-refractivity contribution < 1.29 is 0 Å². The van der Waals surface area contributed by atoms with E-state index in [1.807, 2.05) is 0 Å². The first-order chi connectivity index (χ1) is 7.79. The van der Waals surface area contributed by atoms with Crippen LogP contribution in [0.3, 0.4) is 0 Å². The van der Waals surface area contributed by atoms with E-state index in [1.54, 1.807) is 0 Å². The highest BCUT2D eigenvalue weighted by Crippen LogP contribution is 2.21. The van der Waals surface area contributed by atoms with Gasteiger partial charge in [0, 0.05) is 9.80 Å². The number of halogens is 2. The summed E-state index contributed by atoms with van der Waals surface area (Å²) in [7, 11) is 0. The van der Waals surface area contributed by atoms with Crippen LogP contribution < -0.4 is 0 Å². The lowest BCUT2D eigenvalue weighted by atomic mass is 10.0. The van der Waals surface area contributed by atoms with Crippen molar-refractivity contribution in [2.24, 2.45) is 0 Å². The minimum absolute atomic E-state index is 0.897. The molecule has 0 heterocycles. The highest BCUT2D eigenvalue weighted by Gasteiger charge is 2.03. The second kappa shape index (κ2) is 5.65. The van der Waals surface area contributed by atoms with Gasteiger partial charge in [0.15, 0.2) is 0 Å². The van der Waals surface area contributed by atoms with Gasteiger partial charge >= 0.3 is 0 Å². The third-order valence-corrected chi connectivity index (χ3v) is 3.65. The molecule has 0 N–H and O–H groups in total. The first-order valence-corrected chi connectivity index (χ1v) is 7.08. The largest absolute Gasteiger partial charge is 0.0876 e. The Morgan fingerprint density at radius 2 is 1.62 bits per heavy atom. The van der Waals surface area contributed by atoms with E-state index < -0.39 is 0 Å². The average molecular weight is 340 g/mol. The number of alkyl halides is 1. The summed E-state index contributed by atoms with van der Waals surface area (Å²) in [5.74, 6) is 0. The molecule has 0 aliphatic heterocycles. The fraction of sp³-hybridized carbons (Fsp3) is 0.143. The molecule has 0 atom stereocenters.